The number of anilines is 2. The van der Waals surface area contributed by atoms with Gasteiger partial charge in [-0.15, -0.1) is 0 Å². The number of nitrogens with one attached hydrogen (secondary N) is 1. The van der Waals surface area contributed by atoms with Crippen molar-refractivity contribution < 1.29 is 18.7 Å². The topological polar surface area (TPSA) is 120 Å². The Hall–Kier alpha value is -3.68. The summed E-state index contributed by atoms with van der Waals surface area (Å²) >= 11 is 0. The fourth-order valence-electron chi connectivity index (χ4n) is 3.28. The molecule has 8 nitrogen and oxygen atoms in total. The van der Waals surface area contributed by atoms with Crippen LogP contribution in [0.4, 0.5) is 11.7 Å². The monoisotopic (exact) mass is 408 g/mol. The SMILES string of the molecule is CCOC(=O)c1c(C)oc(Nc2nc(C)nc(C)c2Cc2ccccc2)c1C(N)=O. The second-order valence-corrected chi connectivity index (χ2v) is 6.79. The molecular weight excluding hydrogens is 384 g/mol. The first-order valence-electron chi connectivity index (χ1n) is 9.57. The molecule has 3 rings (SSSR count). The number of primary amides is 1. The maximum atomic E-state index is 12.3. The third-order valence-corrected chi connectivity index (χ3v) is 4.59. The summed E-state index contributed by atoms with van der Waals surface area (Å²) in [6, 6.07) is 9.88. The van der Waals surface area contributed by atoms with E-state index in [0.717, 1.165) is 16.8 Å². The number of furan rings is 1. The first-order chi connectivity index (χ1) is 14.3. The van der Waals surface area contributed by atoms with E-state index in [0.29, 0.717) is 18.1 Å². The van der Waals surface area contributed by atoms with Crippen molar-refractivity contribution in [2.45, 2.75) is 34.1 Å². The molecule has 3 N–H and O–H groups in total. The van der Waals surface area contributed by atoms with E-state index in [1.165, 1.54) is 0 Å². The predicted octanol–water partition coefficient (Wildman–Crippen LogP) is 3.60. The van der Waals surface area contributed by atoms with E-state index < -0.39 is 11.9 Å². The Kier molecular flexibility index (Phi) is 6.15. The summed E-state index contributed by atoms with van der Waals surface area (Å²) < 4.78 is 10.7. The Morgan fingerprint density at radius 2 is 1.80 bits per heavy atom. The molecule has 0 atom stereocenters. The van der Waals surface area contributed by atoms with Crippen molar-refractivity contribution in [2.24, 2.45) is 5.73 Å². The van der Waals surface area contributed by atoms with Crippen molar-refractivity contribution in [2.75, 3.05) is 11.9 Å². The maximum absolute atomic E-state index is 12.3. The first-order valence-corrected chi connectivity index (χ1v) is 9.57. The fraction of sp³-hybridized carbons (Fsp3) is 0.273. The number of esters is 1. The van der Waals surface area contributed by atoms with Gasteiger partial charge in [0.2, 0.25) is 5.88 Å². The van der Waals surface area contributed by atoms with Crippen molar-refractivity contribution in [1.82, 2.24) is 9.97 Å². The number of aryl methyl sites for hydroxylation is 3. The number of carbonyl (C=O) groups excluding carboxylic acids is 2. The smallest absolute Gasteiger partial charge is 0.342 e. The molecule has 1 amide bonds. The largest absolute Gasteiger partial charge is 0.462 e. The fourth-order valence-corrected chi connectivity index (χ4v) is 3.28. The summed E-state index contributed by atoms with van der Waals surface area (Å²) in [4.78, 5) is 33.4. The van der Waals surface area contributed by atoms with Gasteiger partial charge in [0.1, 0.15) is 28.5 Å². The lowest BCUT2D eigenvalue weighted by atomic mass is 10.0. The molecule has 0 saturated heterocycles. The molecule has 0 unspecified atom stereocenters. The van der Waals surface area contributed by atoms with Gasteiger partial charge in [0, 0.05) is 17.7 Å². The average molecular weight is 408 g/mol. The molecule has 30 heavy (non-hydrogen) atoms. The molecule has 156 valence electrons. The third kappa shape index (κ3) is 4.32. The molecule has 2 aromatic heterocycles. The number of ether oxygens (including phenoxy) is 1. The molecule has 0 aliphatic rings. The zero-order chi connectivity index (χ0) is 21.8. The minimum absolute atomic E-state index is 0.0129. The molecule has 3 aromatic rings. The summed E-state index contributed by atoms with van der Waals surface area (Å²) in [7, 11) is 0. The first kappa shape index (κ1) is 21.0. The van der Waals surface area contributed by atoms with Crippen LogP contribution in [0.1, 0.15) is 56.0 Å². The summed E-state index contributed by atoms with van der Waals surface area (Å²) in [6.07, 6.45) is 0.575. The van der Waals surface area contributed by atoms with Crippen LogP contribution < -0.4 is 11.1 Å². The standard InChI is InChI=1S/C22H24N4O4/c1-5-29-22(28)17-13(3)30-21(18(17)19(23)27)26-20-16(12(2)24-14(4)25-20)11-15-9-7-6-8-10-15/h6-10H,5,11H2,1-4H3,(H2,23,27)(H,24,25,26). The highest BCUT2D eigenvalue weighted by Crippen LogP contribution is 2.31. The molecule has 0 aliphatic heterocycles. The molecular formula is C22H24N4O4. The highest BCUT2D eigenvalue weighted by molar-refractivity contribution is 6.09. The molecule has 0 saturated carbocycles. The van der Waals surface area contributed by atoms with Gasteiger partial charge < -0.3 is 20.2 Å². The van der Waals surface area contributed by atoms with Gasteiger partial charge in [0.15, 0.2) is 0 Å². The van der Waals surface area contributed by atoms with Gasteiger partial charge in [-0.05, 0) is 33.3 Å². The predicted molar refractivity (Wildman–Crippen MR) is 112 cm³/mol. The van der Waals surface area contributed by atoms with E-state index in [9.17, 15) is 9.59 Å². The van der Waals surface area contributed by atoms with Gasteiger partial charge >= 0.3 is 5.97 Å². The zero-order valence-corrected chi connectivity index (χ0v) is 17.4. The number of hydrogen-bond donors (Lipinski definition) is 2. The summed E-state index contributed by atoms with van der Waals surface area (Å²) in [5.74, 6) is -0.145. The molecule has 0 aliphatic carbocycles. The van der Waals surface area contributed by atoms with E-state index >= 15 is 0 Å². The molecule has 0 fully saturated rings. The Bertz CT molecular complexity index is 1090. The molecule has 2 heterocycles. The zero-order valence-electron chi connectivity index (χ0n) is 17.4. The van der Waals surface area contributed by atoms with E-state index in [4.69, 9.17) is 14.9 Å². The number of nitrogens with zero attached hydrogens (tertiary/aromatic N) is 2. The number of hydrogen-bond acceptors (Lipinski definition) is 7. The van der Waals surface area contributed by atoms with Crippen LogP contribution in [0.3, 0.4) is 0 Å². The number of benzene rings is 1. The van der Waals surface area contributed by atoms with Crippen LogP contribution in [-0.2, 0) is 11.2 Å². The minimum atomic E-state index is -0.801. The Balaban J connectivity index is 2.07. The number of nitrogens with two attached hydrogens (primary N) is 1. The van der Waals surface area contributed by atoms with E-state index in [1.807, 2.05) is 37.3 Å². The molecule has 0 spiro atoms. The van der Waals surface area contributed by atoms with Gasteiger partial charge in [-0.25, -0.2) is 14.8 Å². The van der Waals surface area contributed by atoms with Crippen molar-refractivity contribution in [3.63, 3.8) is 0 Å². The Morgan fingerprint density at radius 3 is 2.43 bits per heavy atom. The van der Waals surface area contributed by atoms with Gasteiger partial charge in [-0.1, -0.05) is 30.3 Å². The van der Waals surface area contributed by atoms with Crippen molar-refractivity contribution in [1.29, 1.82) is 0 Å². The third-order valence-electron chi connectivity index (χ3n) is 4.59. The number of aromatic nitrogens is 2. The van der Waals surface area contributed by atoms with Crippen LogP contribution in [0.5, 0.6) is 0 Å². The van der Waals surface area contributed by atoms with Gasteiger partial charge in [0.05, 0.1) is 6.61 Å². The van der Waals surface area contributed by atoms with Crippen LogP contribution >= 0.6 is 0 Å². The quantitative estimate of drug-likeness (QED) is 0.573. The molecule has 8 heteroatoms. The van der Waals surface area contributed by atoms with Crippen LogP contribution in [0.2, 0.25) is 0 Å². The summed E-state index contributed by atoms with van der Waals surface area (Å²) in [5, 5.41) is 3.06. The van der Waals surface area contributed by atoms with Crippen LogP contribution in [0, 0.1) is 20.8 Å². The van der Waals surface area contributed by atoms with Crippen LogP contribution in [0.15, 0.2) is 34.7 Å². The number of amides is 1. The lowest BCUT2D eigenvalue weighted by molar-refractivity contribution is 0.0521. The van der Waals surface area contributed by atoms with Gasteiger partial charge in [0.25, 0.3) is 5.91 Å². The second kappa shape index (κ2) is 8.77. The maximum Gasteiger partial charge on any atom is 0.342 e. The van der Waals surface area contributed by atoms with Crippen LogP contribution in [0.25, 0.3) is 0 Å². The highest BCUT2D eigenvalue weighted by Gasteiger charge is 2.29. The van der Waals surface area contributed by atoms with Crippen molar-refractivity contribution >= 4 is 23.6 Å². The minimum Gasteiger partial charge on any atom is -0.462 e. The van der Waals surface area contributed by atoms with Crippen LogP contribution in [-0.4, -0.2) is 28.5 Å². The number of carbonyl (C=O) groups is 2. The van der Waals surface area contributed by atoms with Gasteiger partial charge in [-0.3, -0.25) is 4.79 Å². The number of rotatable bonds is 7. The Morgan fingerprint density at radius 1 is 1.10 bits per heavy atom. The van der Waals surface area contributed by atoms with E-state index in [1.54, 1.807) is 20.8 Å². The lowest BCUT2D eigenvalue weighted by Gasteiger charge is -2.13. The lowest BCUT2D eigenvalue weighted by Crippen LogP contribution is -2.18. The van der Waals surface area contributed by atoms with Gasteiger partial charge in [-0.2, -0.15) is 0 Å². The normalized spacial score (nSPS) is 10.7. The average Bonchev–Trinajstić information content (AvgIpc) is 3.01. The van der Waals surface area contributed by atoms with Crippen molar-refractivity contribution in [3.8, 4) is 0 Å². The van der Waals surface area contributed by atoms with E-state index in [-0.39, 0.29) is 29.4 Å². The van der Waals surface area contributed by atoms with Crippen molar-refractivity contribution in [3.05, 3.63) is 69.9 Å². The highest BCUT2D eigenvalue weighted by atomic mass is 16.5. The Labute approximate surface area is 174 Å². The molecule has 0 bridgehead atoms. The molecule has 0 radical (unpaired) electrons. The molecule has 1 aromatic carbocycles. The van der Waals surface area contributed by atoms with E-state index in [2.05, 4.69) is 15.3 Å². The second-order valence-electron chi connectivity index (χ2n) is 6.79. The summed E-state index contributed by atoms with van der Waals surface area (Å²) in [5.41, 5.74) is 8.22. The summed E-state index contributed by atoms with van der Waals surface area (Å²) in [6.45, 7) is 7.08.